The normalized spacial score (nSPS) is 11.5. The topological polar surface area (TPSA) is 116 Å². The Morgan fingerprint density at radius 2 is 0.769 bits per heavy atom. The van der Waals surface area contributed by atoms with E-state index in [9.17, 15) is 0 Å². The smallest absolute Gasteiger partial charge is 0.165 e. The van der Waals surface area contributed by atoms with Crippen LogP contribution in [0.25, 0.3) is 100 Å². The summed E-state index contributed by atoms with van der Waals surface area (Å²) in [5.74, 6) is 1.51. The highest BCUT2D eigenvalue weighted by Crippen LogP contribution is 2.42. The second-order valence-corrected chi connectivity index (χ2v) is 12.4. The monoisotopic (exact) mass is 667 g/mol. The summed E-state index contributed by atoms with van der Waals surface area (Å²) in [7, 11) is 0. The average Bonchev–Trinajstić information content (AvgIpc) is 3.22. The van der Waals surface area contributed by atoms with E-state index in [4.69, 9.17) is 34.9 Å². The number of hydrogen-bond donors (Lipinski definition) is 0. The van der Waals surface area contributed by atoms with Crippen LogP contribution in [0.15, 0.2) is 153 Å². The van der Waals surface area contributed by atoms with E-state index in [1.165, 1.54) is 0 Å². The van der Waals surface area contributed by atoms with Crippen molar-refractivity contribution in [3.63, 3.8) is 0 Å². The number of nitrogens with zero attached hydrogens (tertiary/aromatic N) is 9. The molecule has 0 saturated heterocycles. The maximum atomic E-state index is 5.08. The van der Waals surface area contributed by atoms with Crippen LogP contribution in [0.5, 0.6) is 0 Å². The Bertz CT molecular complexity index is 2670. The lowest BCUT2D eigenvalue weighted by Crippen LogP contribution is -2.01. The van der Waals surface area contributed by atoms with Crippen LogP contribution in [0.2, 0.25) is 0 Å². The molecule has 0 atom stereocenters. The predicted molar refractivity (Wildman–Crippen MR) is 204 cm³/mol. The second-order valence-electron chi connectivity index (χ2n) is 12.4. The van der Waals surface area contributed by atoms with Gasteiger partial charge in [-0.2, -0.15) is 0 Å². The number of benzene rings is 3. The van der Waals surface area contributed by atoms with Gasteiger partial charge < -0.3 is 0 Å². The lowest BCUT2D eigenvalue weighted by Gasteiger charge is -2.16. The summed E-state index contributed by atoms with van der Waals surface area (Å²) in [6.45, 7) is 0. The fourth-order valence-electron chi connectivity index (χ4n) is 6.91. The minimum atomic E-state index is 0.502. The molecule has 0 aliphatic rings. The summed E-state index contributed by atoms with van der Waals surface area (Å²) >= 11 is 0. The van der Waals surface area contributed by atoms with Crippen LogP contribution < -0.4 is 0 Å². The molecule has 3 aromatic carbocycles. The summed E-state index contributed by atoms with van der Waals surface area (Å²) in [4.78, 5) is 43.1. The predicted octanol–water partition coefficient (Wildman–Crippen LogP) is 9.19. The molecule has 9 heteroatoms. The molecule has 9 nitrogen and oxygen atoms in total. The first-order valence-corrected chi connectivity index (χ1v) is 16.7. The summed E-state index contributed by atoms with van der Waals surface area (Å²) in [6, 6.07) is 34.5. The van der Waals surface area contributed by atoms with Crippen molar-refractivity contribution >= 4 is 43.6 Å². The Labute approximate surface area is 296 Å². The molecule has 0 saturated carbocycles. The summed E-state index contributed by atoms with van der Waals surface area (Å²) in [5, 5.41) is 3.97. The van der Waals surface area contributed by atoms with Crippen molar-refractivity contribution in [2.24, 2.45) is 0 Å². The first-order chi connectivity index (χ1) is 25.8. The van der Waals surface area contributed by atoms with Gasteiger partial charge in [0, 0.05) is 98.9 Å². The maximum absolute atomic E-state index is 5.08. The van der Waals surface area contributed by atoms with Crippen molar-refractivity contribution < 1.29 is 0 Å². The third kappa shape index (κ3) is 5.07. The van der Waals surface area contributed by atoms with Crippen LogP contribution in [-0.2, 0) is 0 Å². The van der Waals surface area contributed by atoms with Gasteiger partial charge in [0.15, 0.2) is 17.5 Å². The van der Waals surface area contributed by atoms with E-state index in [-0.39, 0.29) is 0 Å². The number of pyridine rings is 6. The van der Waals surface area contributed by atoms with E-state index >= 15 is 0 Å². The molecule has 0 amide bonds. The molecule has 10 aromatic rings. The Kier molecular flexibility index (Phi) is 6.92. The Morgan fingerprint density at radius 3 is 1.25 bits per heavy atom. The van der Waals surface area contributed by atoms with Gasteiger partial charge in [0.05, 0.1) is 22.1 Å². The van der Waals surface area contributed by atoms with Gasteiger partial charge in [0.2, 0.25) is 0 Å². The number of rotatable bonds is 5. The molecule has 242 valence electrons. The molecule has 0 aliphatic heterocycles. The molecule has 52 heavy (non-hydrogen) atoms. The Balaban J connectivity index is 1.33. The maximum Gasteiger partial charge on any atom is 0.165 e. The minimum Gasteiger partial charge on any atom is -0.264 e. The van der Waals surface area contributed by atoms with Crippen LogP contribution >= 0.6 is 0 Å². The van der Waals surface area contributed by atoms with Crippen molar-refractivity contribution in [2.75, 3.05) is 0 Å². The van der Waals surface area contributed by atoms with Crippen molar-refractivity contribution in [1.29, 1.82) is 0 Å². The standard InChI is InChI=1S/C43H25N9/c1-9-28(24-44-13-1)41-50-42(29-10-2-14-45-25-29)52-43(51-41)32-20-30(37-33-11-5-15-46-35(33)22-26-7-3-17-48-39(26)37)19-31(21-32)38-34-12-6-16-47-36(34)23-27-8-4-18-49-40(27)38/h1-25H. The largest absolute Gasteiger partial charge is 0.264 e. The molecule has 0 bridgehead atoms. The second kappa shape index (κ2) is 12.2. The van der Waals surface area contributed by atoms with Crippen LogP contribution in [-0.4, -0.2) is 44.9 Å². The van der Waals surface area contributed by atoms with Gasteiger partial charge in [-0.1, -0.05) is 24.3 Å². The van der Waals surface area contributed by atoms with E-state index in [0.29, 0.717) is 17.5 Å². The summed E-state index contributed by atoms with van der Waals surface area (Å²) in [5.41, 5.74) is 9.65. The molecule has 7 aromatic heterocycles. The minimum absolute atomic E-state index is 0.502. The highest BCUT2D eigenvalue weighted by molar-refractivity contribution is 6.13. The number of fused-ring (bicyclic) bond motifs is 4. The van der Waals surface area contributed by atoms with Gasteiger partial charge in [0.1, 0.15) is 0 Å². The molecular formula is C43H25N9. The van der Waals surface area contributed by atoms with Crippen LogP contribution in [0.3, 0.4) is 0 Å². The van der Waals surface area contributed by atoms with Gasteiger partial charge in [-0.3, -0.25) is 29.9 Å². The van der Waals surface area contributed by atoms with E-state index in [0.717, 1.165) is 82.6 Å². The van der Waals surface area contributed by atoms with Gasteiger partial charge in [-0.05, 0) is 90.0 Å². The van der Waals surface area contributed by atoms with Gasteiger partial charge in [0.25, 0.3) is 0 Å². The van der Waals surface area contributed by atoms with E-state index in [1.54, 1.807) is 24.8 Å². The summed E-state index contributed by atoms with van der Waals surface area (Å²) in [6.07, 6.45) is 14.3. The van der Waals surface area contributed by atoms with Crippen molar-refractivity contribution in [2.45, 2.75) is 0 Å². The van der Waals surface area contributed by atoms with E-state index in [2.05, 4.69) is 64.6 Å². The quantitative estimate of drug-likeness (QED) is 0.166. The Morgan fingerprint density at radius 1 is 0.346 bits per heavy atom. The molecule has 7 heterocycles. The molecule has 0 spiro atoms. The first kappa shape index (κ1) is 29.5. The molecule has 0 fully saturated rings. The van der Waals surface area contributed by atoms with Crippen LogP contribution in [0.4, 0.5) is 0 Å². The van der Waals surface area contributed by atoms with Crippen molar-refractivity contribution in [1.82, 2.24) is 44.9 Å². The molecule has 0 radical (unpaired) electrons. The molecule has 0 aliphatic carbocycles. The number of hydrogen-bond acceptors (Lipinski definition) is 9. The number of aromatic nitrogens is 9. The zero-order chi connectivity index (χ0) is 34.4. The zero-order valence-corrected chi connectivity index (χ0v) is 27.5. The highest BCUT2D eigenvalue weighted by Gasteiger charge is 2.20. The first-order valence-electron chi connectivity index (χ1n) is 16.7. The SMILES string of the molecule is c1cncc(-c2nc(-c3cccnc3)nc(-c3cc(-c4c5cccnc5cc5cccnc45)cc(-c4c5cccnc5cc5cccnc45)c3)n2)c1. The fraction of sp³-hybridized carbons (Fsp3) is 0. The van der Waals surface area contributed by atoms with Crippen LogP contribution in [0.1, 0.15) is 0 Å². The molecular weight excluding hydrogens is 643 g/mol. The van der Waals surface area contributed by atoms with Crippen LogP contribution in [0, 0.1) is 0 Å². The third-order valence-electron chi connectivity index (χ3n) is 9.20. The summed E-state index contributed by atoms with van der Waals surface area (Å²) < 4.78 is 0. The van der Waals surface area contributed by atoms with Gasteiger partial charge in [-0.25, -0.2) is 15.0 Å². The van der Waals surface area contributed by atoms with E-state index in [1.807, 2.05) is 73.3 Å². The van der Waals surface area contributed by atoms with E-state index < -0.39 is 0 Å². The lowest BCUT2D eigenvalue weighted by atomic mass is 9.90. The van der Waals surface area contributed by atoms with Crippen molar-refractivity contribution in [3.8, 4) is 56.4 Å². The Hall–Kier alpha value is -7.39. The zero-order valence-electron chi connectivity index (χ0n) is 27.5. The average molecular weight is 668 g/mol. The van der Waals surface area contributed by atoms with Gasteiger partial charge in [-0.15, -0.1) is 0 Å². The highest BCUT2D eigenvalue weighted by atomic mass is 15.0. The van der Waals surface area contributed by atoms with Gasteiger partial charge >= 0.3 is 0 Å². The molecule has 10 rings (SSSR count). The fourth-order valence-corrected chi connectivity index (χ4v) is 6.91. The third-order valence-corrected chi connectivity index (χ3v) is 9.20. The van der Waals surface area contributed by atoms with Crippen molar-refractivity contribution in [3.05, 3.63) is 153 Å². The lowest BCUT2D eigenvalue weighted by molar-refractivity contribution is 1.07. The molecule has 0 N–H and O–H groups in total. The molecule has 0 unspecified atom stereocenters.